The smallest absolute Gasteiger partial charge is 0.141 e. The van der Waals surface area contributed by atoms with Crippen LogP contribution in [-0.2, 0) is 12.8 Å². The molecule has 0 N–H and O–H groups in total. The fourth-order valence-corrected chi connectivity index (χ4v) is 3.40. The number of rotatable bonds is 4. The highest BCUT2D eigenvalue weighted by molar-refractivity contribution is 5.67. The Hall–Kier alpha value is -1.68. The van der Waals surface area contributed by atoms with Crippen LogP contribution in [0.2, 0.25) is 0 Å². The first kappa shape index (κ1) is 15.2. The molecule has 0 fully saturated rings. The summed E-state index contributed by atoms with van der Waals surface area (Å²) < 4.78 is -0.319. The molecule has 0 unspecified atom stereocenters. The maximum absolute atomic E-state index is 13.9. The van der Waals surface area contributed by atoms with Crippen molar-refractivity contribution in [2.24, 2.45) is 0 Å². The van der Waals surface area contributed by atoms with Crippen LogP contribution in [0.15, 0.2) is 48.5 Å². The second-order valence-corrected chi connectivity index (χ2v) is 6.38. The van der Waals surface area contributed by atoms with Crippen LogP contribution in [0, 0.1) is 5.21 Å². The number of aryl methyl sites for hydroxylation is 2. The van der Waals surface area contributed by atoms with Gasteiger partial charge in [0.05, 0.1) is 6.54 Å². The average molecular weight is 296 g/mol. The van der Waals surface area contributed by atoms with Crippen molar-refractivity contribution in [2.75, 3.05) is 27.2 Å². The fourth-order valence-electron chi connectivity index (χ4n) is 3.40. The van der Waals surface area contributed by atoms with E-state index in [9.17, 15) is 5.21 Å². The third-order valence-corrected chi connectivity index (χ3v) is 4.50. The van der Waals surface area contributed by atoms with Gasteiger partial charge in [0.15, 0.2) is 0 Å². The van der Waals surface area contributed by atoms with Gasteiger partial charge < -0.3 is 10.1 Å². The summed E-state index contributed by atoms with van der Waals surface area (Å²) >= 11 is 0. The summed E-state index contributed by atoms with van der Waals surface area (Å²) in [7, 11) is 4.11. The zero-order chi connectivity index (χ0) is 15.6. The van der Waals surface area contributed by atoms with Gasteiger partial charge in [-0.05, 0) is 26.9 Å². The van der Waals surface area contributed by atoms with Gasteiger partial charge in [-0.25, -0.2) is 0 Å². The minimum Gasteiger partial charge on any atom is -0.622 e. The summed E-state index contributed by atoms with van der Waals surface area (Å²) in [6, 6.07) is 16.3. The number of fused-ring (bicyclic) bond motifs is 2. The lowest BCUT2D eigenvalue weighted by Crippen LogP contribution is -2.40. The molecule has 1 aliphatic heterocycles. The molecule has 3 heteroatoms. The first-order chi connectivity index (χ1) is 10.6. The summed E-state index contributed by atoms with van der Waals surface area (Å²) in [5.74, 6) is 0. The normalized spacial score (nSPS) is 16.0. The van der Waals surface area contributed by atoms with Crippen molar-refractivity contribution in [1.82, 2.24) is 9.55 Å². The van der Waals surface area contributed by atoms with Crippen LogP contribution < -0.4 is 4.65 Å². The average Bonchev–Trinajstić information content (AvgIpc) is 2.64. The number of nitrogens with zero attached hydrogens (tertiary/aromatic N) is 2. The standard InChI is InChI=1S/C19H24N2O/c1-20(2)14-7-15-21(22)18-10-5-3-8-16(18)12-13-17-9-4-6-11-19(17)21/h3-6,8-11H,7,12-15H2,1-2H3. The molecular formula is C19H24N2O. The van der Waals surface area contributed by atoms with Crippen LogP contribution in [-0.4, -0.2) is 32.1 Å². The van der Waals surface area contributed by atoms with Gasteiger partial charge in [0.25, 0.3) is 0 Å². The number of hydroxylamine groups is 1. The van der Waals surface area contributed by atoms with Gasteiger partial charge in [-0.2, -0.15) is 0 Å². The predicted octanol–water partition coefficient (Wildman–Crippen LogP) is 3.87. The van der Waals surface area contributed by atoms with Gasteiger partial charge in [-0.15, -0.1) is 0 Å². The Kier molecular flexibility index (Phi) is 4.30. The molecule has 0 atom stereocenters. The van der Waals surface area contributed by atoms with Crippen LogP contribution in [0.1, 0.15) is 17.5 Å². The Labute approximate surface area is 133 Å². The lowest BCUT2D eigenvalue weighted by atomic mass is 10.0. The first-order valence-electron chi connectivity index (χ1n) is 8.02. The summed E-state index contributed by atoms with van der Waals surface area (Å²) in [5.41, 5.74) is 4.23. The minimum atomic E-state index is -0.319. The number of benzene rings is 2. The van der Waals surface area contributed by atoms with Crippen molar-refractivity contribution >= 4 is 11.4 Å². The molecule has 0 bridgehead atoms. The predicted molar refractivity (Wildman–Crippen MR) is 93.2 cm³/mol. The molecule has 0 aromatic heterocycles. The molecule has 1 heterocycles. The number of hydrogen-bond acceptors (Lipinski definition) is 2. The van der Waals surface area contributed by atoms with E-state index in [0.29, 0.717) is 6.54 Å². The van der Waals surface area contributed by atoms with E-state index < -0.39 is 0 Å². The summed E-state index contributed by atoms with van der Waals surface area (Å²) in [5, 5.41) is 13.9. The topological polar surface area (TPSA) is 26.3 Å². The van der Waals surface area contributed by atoms with Crippen LogP contribution in [0.3, 0.4) is 0 Å². The van der Waals surface area contributed by atoms with E-state index in [1.807, 2.05) is 36.4 Å². The highest BCUT2D eigenvalue weighted by Gasteiger charge is 2.31. The highest BCUT2D eigenvalue weighted by Crippen LogP contribution is 2.41. The molecule has 0 amide bonds. The van der Waals surface area contributed by atoms with E-state index in [1.165, 1.54) is 11.1 Å². The van der Waals surface area contributed by atoms with Crippen molar-refractivity contribution < 1.29 is 0 Å². The quantitative estimate of drug-likeness (QED) is 0.632. The van der Waals surface area contributed by atoms with Crippen molar-refractivity contribution in [1.29, 1.82) is 0 Å². The molecule has 3 rings (SSSR count). The van der Waals surface area contributed by atoms with Crippen LogP contribution in [0.5, 0.6) is 0 Å². The first-order valence-corrected chi connectivity index (χ1v) is 8.02. The minimum absolute atomic E-state index is 0.319. The molecule has 2 aromatic rings. The van der Waals surface area contributed by atoms with Crippen LogP contribution >= 0.6 is 0 Å². The summed E-state index contributed by atoms with van der Waals surface area (Å²) in [6.45, 7) is 1.53. The van der Waals surface area contributed by atoms with Gasteiger partial charge >= 0.3 is 0 Å². The Morgan fingerprint density at radius 3 is 1.91 bits per heavy atom. The number of quaternary nitrogens is 1. The largest absolute Gasteiger partial charge is 0.622 e. The van der Waals surface area contributed by atoms with E-state index in [0.717, 1.165) is 37.2 Å². The van der Waals surface area contributed by atoms with Gasteiger partial charge in [0.1, 0.15) is 11.4 Å². The van der Waals surface area contributed by atoms with Gasteiger partial charge in [0, 0.05) is 36.2 Å². The molecule has 0 saturated heterocycles. The van der Waals surface area contributed by atoms with Gasteiger partial charge in [0.2, 0.25) is 0 Å². The monoisotopic (exact) mass is 296 g/mol. The fraction of sp³-hybridized carbons (Fsp3) is 0.368. The molecule has 2 aromatic carbocycles. The molecule has 0 saturated carbocycles. The Balaban J connectivity index is 2.05. The lowest BCUT2D eigenvalue weighted by molar-refractivity contribution is 0.371. The van der Waals surface area contributed by atoms with Gasteiger partial charge in [-0.1, -0.05) is 36.4 Å². The van der Waals surface area contributed by atoms with E-state index in [2.05, 4.69) is 31.1 Å². The second-order valence-electron chi connectivity index (χ2n) is 6.38. The third kappa shape index (κ3) is 2.80. The Morgan fingerprint density at radius 2 is 1.41 bits per heavy atom. The van der Waals surface area contributed by atoms with Crippen molar-refractivity contribution in [3.63, 3.8) is 0 Å². The molecule has 22 heavy (non-hydrogen) atoms. The zero-order valence-electron chi connectivity index (χ0n) is 13.5. The maximum atomic E-state index is 13.9. The molecule has 0 radical (unpaired) electrons. The second kappa shape index (κ2) is 6.21. The molecule has 1 aliphatic rings. The van der Waals surface area contributed by atoms with Crippen LogP contribution in [0.4, 0.5) is 11.4 Å². The highest BCUT2D eigenvalue weighted by atomic mass is 16.5. The zero-order valence-corrected chi connectivity index (χ0v) is 13.5. The van der Waals surface area contributed by atoms with E-state index >= 15 is 0 Å². The summed E-state index contributed by atoms with van der Waals surface area (Å²) in [6.07, 6.45) is 2.78. The molecule has 116 valence electrons. The summed E-state index contributed by atoms with van der Waals surface area (Å²) in [4.78, 5) is 2.14. The lowest BCUT2D eigenvalue weighted by Gasteiger charge is -2.43. The molecular weight excluding hydrogens is 272 g/mol. The Bertz CT molecular complexity index is 604. The molecule has 3 nitrogen and oxygen atoms in total. The molecule has 0 aliphatic carbocycles. The Morgan fingerprint density at radius 1 is 0.909 bits per heavy atom. The van der Waals surface area contributed by atoms with E-state index in [4.69, 9.17) is 0 Å². The van der Waals surface area contributed by atoms with Crippen molar-refractivity contribution in [3.8, 4) is 0 Å². The van der Waals surface area contributed by atoms with Gasteiger partial charge in [-0.3, -0.25) is 4.65 Å². The SMILES string of the molecule is CN(C)CCC[N+]1([O-])c2ccccc2CCc2ccccc21. The third-order valence-electron chi connectivity index (χ3n) is 4.50. The van der Waals surface area contributed by atoms with E-state index in [1.54, 1.807) is 0 Å². The van der Waals surface area contributed by atoms with Crippen LogP contribution in [0.25, 0.3) is 0 Å². The van der Waals surface area contributed by atoms with Crippen molar-refractivity contribution in [2.45, 2.75) is 19.3 Å². The van der Waals surface area contributed by atoms with Crippen molar-refractivity contribution in [3.05, 3.63) is 64.9 Å². The van der Waals surface area contributed by atoms with E-state index in [-0.39, 0.29) is 4.65 Å². The number of para-hydroxylation sites is 2. The number of hydrogen-bond donors (Lipinski definition) is 0. The maximum Gasteiger partial charge on any atom is 0.141 e. The molecule has 0 spiro atoms.